The van der Waals surface area contributed by atoms with Gasteiger partial charge in [0.05, 0.1) is 6.04 Å². The summed E-state index contributed by atoms with van der Waals surface area (Å²) in [7, 11) is 2.02. The van der Waals surface area contributed by atoms with Gasteiger partial charge in [-0.2, -0.15) is 0 Å². The highest BCUT2D eigenvalue weighted by Gasteiger charge is 2.18. The molecule has 0 saturated heterocycles. The van der Waals surface area contributed by atoms with Crippen molar-refractivity contribution in [2.45, 2.75) is 12.6 Å². The monoisotopic (exact) mass is 371 g/mol. The molecule has 1 N–H and O–H groups in total. The highest BCUT2D eigenvalue weighted by atomic mass is 35.5. The van der Waals surface area contributed by atoms with Crippen LogP contribution in [0.4, 0.5) is 0 Å². The molecule has 4 rings (SSSR count). The van der Waals surface area contributed by atoms with E-state index in [4.69, 9.17) is 9.47 Å². The summed E-state index contributed by atoms with van der Waals surface area (Å²) in [5.41, 5.74) is 2.34. The summed E-state index contributed by atoms with van der Waals surface area (Å²) >= 11 is 0. The van der Waals surface area contributed by atoms with Crippen molar-refractivity contribution in [2.24, 2.45) is 7.05 Å². The molecule has 0 aliphatic carbocycles. The SMILES string of the molecule is Cl.Cn1ccnc1C(NCc1ccc2c(c1)OCCO2)c1ccccc1. The van der Waals surface area contributed by atoms with Crippen LogP contribution in [0, 0.1) is 0 Å². The zero-order valence-electron chi connectivity index (χ0n) is 14.6. The molecule has 0 spiro atoms. The van der Waals surface area contributed by atoms with Crippen LogP contribution in [0.2, 0.25) is 0 Å². The Bertz CT molecular complexity index is 851. The standard InChI is InChI=1S/C20H21N3O2.ClH/c1-23-10-9-21-20(23)19(16-5-3-2-4-6-16)22-14-15-7-8-17-18(13-15)25-12-11-24-17;/h2-10,13,19,22H,11-12,14H2,1H3;1H. The number of imidazole rings is 1. The van der Waals surface area contributed by atoms with Gasteiger partial charge in [-0.3, -0.25) is 5.32 Å². The third-order valence-electron chi connectivity index (χ3n) is 4.37. The molecule has 1 aromatic heterocycles. The van der Waals surface area contributed by atoms with Crippen molar-refractivity contribution in [1.82, 2.24) is 14.9 Å². The van der Waals surface area contributed by atoms with E-state index in [0.717, 1.165) is 22.9 Å². The van der Waals surface area contributed by atoms with E-state index in [1.165, 1.54) is 5.56 Å². The number of ether oxygens (including phenoxy) is 2. The van der Waals surface area contributed by atoms with Crippen molar-refractivity contribution in [2.75, 3.05) is 13.2 Å². The first-order valence-electron chi connectivity index (χ1n) is 8.45. The Morgan fingerprint density at radius 3 is 2.58 bits per heavy atom. The lowest BCUT2D eigenvalue weighted by molar-refractivity contribution is 0.171. The Hall–Kier alpha value is -2.50. The van der Waals surface area contributed by atoms with E-state index in [0.29, 0.717) is 19.8 Å². The Kier molecular flexibility index (Phi) is 5.81. The van der Waals surface area contributed by atoms with Crippen molar-refractivity contribution in [3.63, 3.8) is 0 Å². The molecule has 0 radical (unpaired) electrons. The molecule has 0 saturated carbocycles. The van der Waals surface area contributed by atoms with Gasteiger partial charge in [0.1, 0.15) is 19.0 Å². The second-order valence-corrected chi connectivity index (χ2v) is 6.10. The average Bonchev–Trinajstić information content (AvgIpc) is 3.08. The molecule has 1 aliphatic heterocycles. The number of hydrogen-bond donors (Lipinski definition) is 1. The highest BCUT2D eigenvalue weighted by molar-refractivity contribution is 5.85. The van der Waals surface area contributed by atoms with Crippen molar-refractivity contribution in [3.05, 3.63) is 77.9 Å². The molecule has 5 nitrogen and oxygen atoms in total. The molecule has 26 heavy (non-hydrogen) atoms. The second kappa shape index (κ2) is 8.25. The first-order valence-corrected chi connectivity index (χ1v) is 8.45. The van der Waals surface area contributed by atoms with E-state index in [1.54, 1.807) is 0 Å². The largest absolute Gasteiger partial charge is 0.486 e. The van der Waals surface area contributed by atoms with Crippen molar-refractivity contribution < 1.29 is 9.47 Å². The van der Waals surface area contributed by atoms with Gasteiger partial charge in [-0.15, -0.1) is 12.4 Å². The number of rotatable bonds is 5. The first kappa shape index (κ1) is 18.3. The summed E-state index contributed by atoms with van der Waals surface area (Å²) in [6, 6.07) is 16.5. The minimum atomic E-state index is 0. The Morgan fingerprint density at radius 2 is 1.85 bits per heavy atom. The number of nitrogens with one attached hydrogen (secondary N) is 1. The minimum absolute atomic E-state index is 0. The van der Waals surface area contributed by atoms with Crippen LogP contribution in [0.15, 0.2) is 60.9 Å². The first-order chi connectivity index (χ1) is 12.3. The van der Waals surface area contributed by atoms with Gasteiger partial charge in [0.2, 0.25) is 0 Å². The fraction of sp³-hybridized carbons (Fsp3) is 0.250. The zero-order valence-corrected chi connectivity index (χ0v) is 15.4. The third-order valence-corrected chi connectivity index (χ3v) is 4.37. The second-order valence-electron chi connectivity index (χ2n) is 6.10. The number of benzene rings is 2. The maximum atomic E-state index is 5.68. The summed E-state index contributed by atoms with van der Waals surface area (Å²) < 4.78 is 13.3. The number of aromatic nitrogens is 2. The van der Waals surface area contributed by atoms with Gasteiger partial charge in [-0.25, -0.2) is 4.98 Å². The zero-order chi connectivity index (χ0) is 17.1. The number of aryl methyl sites for hydroxylation is 1. The molecular weight excluding hydrogens is 350 g/mol. The number of nitrogens with zero attached hydrogens (tertiary/aromatic N) is 2. The predicted octanol–water partition coefficient (Wildman–Crippen LogP) is 3.49. The fourth-order valence-electron chi connectivity index (χ4n) is 3.08. The van der Waals surface area contributed by atoms with E-state index >= 15 is 0 Å². The van der Waals surface area contributed by atoms with Crippen LogP contribution in [-0.4, -0.2) is 22.8 Å². The summed E-state index contributed by atoms with van der Waals surface area (Å²) in [6.07, 6.45) is 3.80. The molecule has 0 fully saturated rings. The van der Waals surface area contributed by atoms with Gasteiger partial charge in [-0.1, -0.05) is 36.4 Å². The maximum absolute atomic E-state index is 5.68. The van der Waals surface area contributed by atoms with Gasteiger partial charge >= 0.3 is 0 Å². The molecule has 136 valence electrons. The van der Waals surface area contributed by atoms with Gasteiger partial charge in [0, 0.05) is 26.0 Å². The lowest BCUT2D eigenvalue weighted by atomic mass is 10.1. The Labute approximate surface area is 159 Å². The molecule has 0 amide bonds. The van der Waals surface area contributed by atoms with Crippen molar-refractivity contribution in [1.29, 1.82) is 0 Å². The molecule has 1 atom stereocenters. The average molecular weight is 372 g/mol. The molecule has 2 heterocycles. The van der Waals surface area contributed by atoms with E-state index in [9.17, 15) is 0 Å². The van der Waals surface area contributed by atoms with E-state index in [-0.39, 0.29) is 18.4 Å². The lowest BCUT2D eigenvalue weighted by Gasteiger charge is -2.21. The van der Waals surface area contributed by atoms with E-state index < -0.39 is 0 Å². The molecular formula is C20H22ClN3O2. The highest BCUT2D eigenvalue weighted by Crippen LogP contribution is 2.31. The van der Waals surface area contributed by atoms with Crippen LogP contribution in [0.3, 0.4) is 0 Å². The molecule has 1 aliphatic rings. The van der Waals surface area contributed by atoms with Crippen LogP contribution < -0.4 is 14.8 Å². The molecule has 0 bridgehead atoms. The predicted molar refractivity (Wildman–Crippen MR) is 103 cm³/mol. The van der Waals surface area contributed by atoms with Crippen LogP contribution in [0.5, 0.6) is 11.5 Å². The Morgan fingerprint density at radius 1 is 1.08 bits per heavy atom. The van der Waals surface area contributed by atoms with Gasteiger partial charge in [0.25, 0.3) is 0 Å². The summed E-state index contributed by atoms with van der Waals surface area (Å²) in [5.74, 6) is 2.63. The smallest absolute Gasteiger partial charge is 0.161 e. The molecule has 3 aromatic rings. The molecule has 1 unspecified atom stereocenters. The number of hydrogen-bond acceptors (Lipinski definition) is 4. The maximum Gasteiger partial charge on any atom is 0.161 e. The number of halogens is 1. The fourth-order valence-corrected chi connectivity index (χ4v) is 3.08. The van der Waals surface area contributed by atoms with Crippen molar-refractivity contribution in [3.8, 4) is 11.5 Å². The van der Waals surface area contributed by atoms with Crippen molar-refractivity contribution >= 4 is 12.4 Å². The molecule has 6 heteroatoms. The van der Waals surface area contributed by atoms with Gasteiger partial charge in [-0.05, 0) is 23.3 Å². The van der Waals surface area contributed by atoms with E-state index in [2.05, 4.69) is 45.2 Å². The quantitative estimate of drug-likeness (QED) is 0.745. The lowest BCUT2D eigenvalue weighted by Crippen LogP contribution is -2.25. The van der Waals surface area contributed by atoms with Crippen LogP contribution >= 0.6 is 12.4 Å². The van der Waals surface area contributed by atoms with Crippen LogP contribution in [-0.2, 0) is 13.6 Å². The van der Waals surface area contributed by atoms with Gasteiger partial charge in [0.15, 0.2) is 11.5 Å². The topological polar surface area (TPSA) is 48.3 Å². The van der Waals surface area contributed by atoms with E-state index in [1.807, 2.05) is 37.6 Å². The number of fused-ring (bicyclic) bond motifs is 1. The molecule has 2 aromatic carbocycles. The van der Waals surface area contributed by atoms with Gasteiger partial charge < -0.3 is 14.0 Å². The minimum Gasteiger partial charge on any atom is -0.486 e. The Balaban J connectivity index is 0.00000196. The summed E-state index contributed by atoms with van der Waals surface area (Å²) in [6.45, 7) is 1.92. The van der Waals surface area contributed by atoms with Crippen LogP contribution in [0.25, 0.3) is 0 Å². The summed E-state index contributed by atoms with van der Waals surface area (Å²) in [5, 5.41) is 3.62. The summed E-state index contributed by atoms with van der Waals surface area (Å²) in [4.78, 5) is 4.53. The van der Waals surface area contributed by atoms with Crippen LogP contribution in [0.1, 0.15) is 23.0 Å². The third kappa shape index (κ3) is 3.84. The normalized spacial score (nSPS) is 13.7.